The van der Waals surface area contributed by atoms with Gasteiger partial charge in [0.2, 0.25) is 5.91 Å². The monoisotopic (exact) mass is 274 g/mol. The molecule has 2 rings (SSSR count). The third-order valence-electron chi connectivity index (χ3n) is 4.11. The van der Waals surface area contributed by atoms with E-state index in [2.05, 4.69) is 51.2 Å². The first kappa shape index (κ1) is 15.0. The summed E-state index contributed by atoms with van der Waals surface area (Å²) in [6.07, 6.45) is 0.601. The molecule has 3 nitrogen and oxygen atoms in total. The van der Waals surface area contributed by atoms with Crippen LogP contribution < -0.4 is 5.32 Å². The van der Waals surface area contributed by atoms with Gasteiger partial charge in [-0.25, -0.2) is 0 Å². The predicted molar refractivity (Wildman–Crippen MR) is 82.9 cm³/mol. The van der Waals surface area contributed by atoms with Crippen molar-refractivity contribution in [3.63, 3.8) is 0 Å². The van der Waals surface area contributed by atoms with Crippen LogP contribution in [0.15, 0.2) is 24.3 Å². The minimum absolute atomic E-state index is 0.279. The van der Waals surface area contributed by atoms with Crippen molar-refractivity contribution in [1.29, 1.82) is 0 Å². The van der Waals surface area contributed by atoms with Crippen LogP contribution in [0.5, 0.6) is 0 Å². The Morgan fingerprint density at radius 1 is 1.30 bits per heavy atom. The maximum atomic E-state index is 12.5. The van der Waals surface area contributed by atoms with Gasteiger partial charge in [-0.2, -0.15) is 0 Å². The second kappa shape index (κ2) is 6.40. The third-order valence-corrected chi connectivity index (χ3v) is 4.11. The van der Waals surface area contributed by atoms with Crippen LogP contribution in [-0.4, -0.2) is 36.0 Å². The third kappa shape index (κ3) is 3.60. The van der Waals surface area contributed by atoms with E-state index >= 15 is 0 Å². The van der Waals surface area contributed by atoms with Gasteiger partial charge in [0.1, 0.15) is 0 Å². The fourth-order valence-corrected chi connectivity index (χ4v) is 3.17. The lowest BCUT2D eigenvalue weighted by Gasteiger charge is -2.36. The molecule has 1 N–H and O–H groups in total. The van der Waals surface area contributed by atoms with E-state index in [0.29, 0.717) is 18.5 Å². The van der Waals surface area contributed by atoms with Gasteiger partial charge < -0.3 is 10.2 Å². The van der Waals surface area contributed by atoms with Crippen molar-refractivity contribution >= 4 is 5.91 Å². The zero-order valence-electron chi connectivity index (χ0n) is 13.0. The summed E-state index contributed by atoms with van der Waals surface area (Å²) in [6, 6.07) is 9.13. The Kier molecular flexibility index (Phi) is 4.81. The summed E-state index contributed by atoms with van der Waals surface area (Å²) < 4.78 is 0. The van der Waals surface area contributed by atoms with Crippen molar-refractivity contribution in [2.45, 2.75) is 52.1 Å². The minimum atomic E-state index is 0.279. The van der Waals surface area contributed by atoms with Crippen LogP contribution in [0.4, 0.5) is 0 Å². The summed E-state index contributed by atoms with van der Waals surface area (Å²) in [4.78, 5) is 14.5. The fourth-order valence-electron chi connectivity index (χ4n) is 3.17. The number of carbonyl (C=O) groups excluding carboxylic acids is 1. The number of carbonyl (C=O) groups is 1. The smallest absolute Gasteiger partial charge is 0.223 e. The molecule has 1 saturated heterocycles. The second-order valence-corrected chi connectivity index (χ2v) is 6.23. The number of aryl methyl sites for hydroxylation is 1. The first-order chi connectivity index (χ1) is 9.47. The molecule has 1 heterocycles. The van der Waals surface area contributed by atoms with Gasteiger partial charge in [0.25, 0.3) is 0 Å². The maximum Gasteiger partial charge on any atom is 0.223 e. The Morgan fingerprint density at radius 2 is 1.90 bits per heavy atom. The van der Waals surface area contributed by atoms with Crippen LogP contribution in [0, 0.1) is 6.92 Å². The molecule has 0 spiro atoms. The van der Waals surface area contributed by atoms with Crippen LogP contribution in [-0.2, 0) is 4.79 Å². The SMILES string of the molecule is Cc1ccccc1C(C)CC(=O)N1CC(C)NC(C)C1. The van der Waals surface area contributed by atoms with Crippen LogP contribution in [0.1, 0.15) is 44.2 Å². The van der Waals surface area contributed by atoms with Crippen molar-refractivity contribution in [2.24, 2.45) is 0 Å². The average molecular weight is 274 g/mol. The van der Waals surface area contributed by atoms with E-state index < -0.39 is 0 Å². The molecule has 20 heavy (non-hydrogen) atoms. The molecule has 110 valence electrons. The number of nitrogens with one attached hydrogen (secondary N) is 1. The highest BCUT2D eigenvalue weighted by atomic mass is 16.2. The topological polar surface area (TPSA) is 32.3 Å². The van der Waals surface area contributed by atoms with Gasteiger partial charge >= 0.3 is 0 Å². The molecular weight excluding hydrogens is 248 g/mol. The standard InChI is InChI=1S/C17H26N2O/c1-12-7-5-6-8-16(12)13(2)9-17(20)19-10-14(3)18-15(4)11-19/h5-8,13-15,18H,9-11H2,1-4H3. The molecule has 3 heteroatoms. The first-order valence-corrected chi connectivity index (χ1v) is 7.56. The normalized spacial score (nSPS) is 24.5. The van der Waals surface area contributed by atoms with Crippen molar-refractivity contribution in [3.8, 4) is 0 Å². The Hall–Kier alpha value is -1.35. The number of piperazine rings is 1. The van der Waals surface area contributed by atoms with Crippen LogP contribution in [0.3, 0.4) is 0 Å². The van der Waals surface area contributed by atoms with Gasteiger partial charge in [0, 0.05) is 31.6 Å². The first-order valence-electron chi connectivity index (χ1n) is 7.56. The summed E-state index contributed by atoms with van der Waals surface area (Å²) in [6.45, 7) is 10.2. The van der Waals surface area contributed by atoms with Gasteiger partial charge in [-0.1, -0.05) is 31.2 Å². The zero-order valence-corrected chi connectivity index (χ0v) is 13.0. The molecule has 1 amide bonds. The van der Waals surface area contributed by atoms with E-state index in [1.165, 1.54) is 11.1 Å². The van der Waals surface area contributed by atoms with Gasteiger partial charge in [-0.3, -0.25) is 4.79 Å². The molecule has 1 aliphatic heterocycles. The Bertz CT molecular complexity index is 462. The van der Waals surface area contributed by atoms with E-state index in [0.717, 1.165) is 13.1 Å². The molecule has 0 bridgehead atoms. The minimum Gasteiger partial charge on any atom is -0.340 e. The Labute approximate surface area is 122 Å². The van der Waals surface area contributed by atoms with Crippen LogP contribution in [0.2, 0.25) is 0 Å². The van der Waals surface area contributed by atoms with E-state index in [1.807, 2.05) is 11.0 Å². The lowest BCUT2D eigenvalue weighted by Crippen LogP contribution is -2.55. The van der Waals surface area contributed by atoms with E-state index in [4.69, 9.17) is 0 Å². The molecule has 3 unspecified atom stereocenters. The number of rotatable bonds is 3. The second-order valence-electron chi connectivity index (χ2n) is 6.23. The van der Waals surface area contributed by atoms with Crippen LogP contribution >= 0.6 is 0 Å². The van der Waals surface area contributed by atoms with Gasteiger partial charge in [-0.05, 0) is 37.8 Å². The highest BCUT2D eigenvalue weighted by Gasteiger charge is 2.25. The molecule has 0 radical (unpaired) electrons. The van der Waals surface area contributed by atoms with Crippen LogP contribution in [0.25, 0.3) is 0 Å². The average Bonchev–Trinajstić information content (AvgIpc) is 2.37. The van der Waals surface area contributed by atoms with E-state index in [-0.39, 0.29) is 11.8 Å². The van der Waals surface area contributed by atoms with Crippen molar-refractivity contribution in [2.75, 3.05) is 13.1 Å². The fraction of sp³-hybridized carbons (Fsp3) is 0.588. The predicted octanol–water partition coefficient (Wildman–Crippen LogP) is 2.70. The van der Waals surface area contributed by atoms with E-state index in [9.17, 15) is 4.79 Å². The number of amides is 1. The molecule has 1 aromatic carbocycles. The summed E-state index contributed by atoms with van der Waals surface area (Å²) in [7, 11) is 0. The lowest BCUT2D eigenvalue weighted by atomic mass is 9.93. The molecule has 1 aromatic rings. The maximum absolute atomic E-state index is 12.5. The van der Waals surface area contributed by atoms with Gasteiger partial charge in [0.15, 0.2) is 0 Å². The number of benzene rings is 1. The summed E-state index contributed by atoms with van der Waals surface area (Å²) in [5.41, 5.74) is 2.56. The molecule has 0 saturated carbocycles. The molecule has 3 atom stereocenters. The quantitative estimate of drug-likeness (QED) is 0.919. The van der Waals surface area contributed by atoms with Gasteiger partial charge in [0.05, 0.1) is 0 Å². The molecule has 0 aliphatic carbocycles. The number of nitrogens with zero attached hydrogens (tertiary/aromatic N) is 1. The van der Waals surface area contributed by atoms with Crippen molar-refractivity contribution in [3.05, 3.63) is 35.4 Å². The number of hydrogen-bond acceptors (Lipinski definition) is 2. The van der Waals surface area contributed by atoms with Crippen molar-refractivity contribution in [1.82, 2.24) is 10.2 Å². The molecule has 1 aliphatic rings. The lowest BCUT2D eigenvalue weighted by molar-refractivity contribution is -0.133. The molecular formula is C17H26N2O. The zero-order chi connectivity index (χ0) is 14.7. The largest absolute Gasteiger partial charge is 0.340 e. The highest BCUT2D eigenvalue weighted by molar-refractivity contribution is 5.77. The Morgan fingerprint density at radius 3 is 2.50 bits per heavy atom. The molecule has 0 aromatic heterocycles. The summed E-state index contributed by atoms with van der Waals surface area (Å²) >= 11 is 0. The summed E-state index contributed by atoms with van der Waals surface area (Å²) in [5.74, 6) is 0.560. The highest BCUT2D eigenvalue weighted by Crippen LogP contribution is 2.23. The number of hydrogen-bond donors (Lipinski definition) is 1. The molecule has 1 fully saturated rings. The van der Waals surface area contributed by atoms with E-state index in [1.54, 1.807) is 0 Å². The van der Waals surface area contributed by atoms with Gasteiger partial charge in [-0.15, -0.1) is 0 Å². The summed E-state index contributed by atoms with van der Waals surface area (Å²) in [5, 5.41) is 3.46. The van der Waals surface area contributed by atoms with Crippen molar-refractivity contribution < 1.29 is 4.79 Å². The Balaban J connectivity index is 1.99.